The normalized spacial score (nSPS) is 26.1. The summed E-state index contributed by atoms with van der Waals surface area (Å²) < 4.78 is 0. The minimum Gasteiger partial charge on any atom is -0.296 e. The van der Waals surface area contributed by atoms with E-state index in [1.807, 2.05) is 0 Å². The number of hydrogen-bond acceptors (Lipinski definition) is 3. The van der Waals surface area contributed by atoms with Crippen LogP contribution in [0.1, 0.15) is 58.3 Å². The highest BCUT2D eigenvalue weighted by molar-refractivity contribution is 5.08. The van der Waals surface area contributed by atoms with Gasteiger partial charge in [-0.3, -0.25) is 16.2 Å². The van der Waals surface area contributed by atoms with Gasteiger partial charge in [0.25, 0.3) is 0 Å². The highest BCUT2D eigenvalue weighted by atomic mass is 15.3. The molecule has 0 bridgehead atoms. The predicted molar refractivity (Wildman–Crippen MR) is 77.2 cm³/mol. The van der Waals surface area contributed by atoms with Crippen LogP contribution in [0.4, 0.5) is 0 Å². The van der Waals surface area contributed by atoms with Crippen molar-refractivity contribution in [2.75, 3.05) is 13.1 Å². The molecule has 2 aliphatic rings. The fourth-order valence-electron chi connectivity index (χ4n) is 3.96. The molecular formula is C15H29N3. The van der Waals surface area contributed by atoms with Gasteiger partial charge in [-0.1, -0.05) is 24.8 Å². The molecule has 1 saturated carbocycles. The number of rotatable bonds is 5. The monoisotopic (exact) mass is 251 g/mol. The van der Waals surface area contributed by atoms with Gasteiger partial charge in [0.2, 0.25) is 0 Å². The number of hydrazine groups is 1. The summed E-state index contributed by atoms with van der Waals surface area (Å²) in [6.07, 6.45) is 10.4. The van der Waals surface area contributed by atoms with Crippen LogP contribution in [0.15, 0.2) is 12.2 Å². The number of nitrogens with two attached hydrogens (primary N) is 1. The molecule has 0 amide bonds. The first-order valence-corrected chi connectivity index (χ1v) is 7.54. The van der Waals surface area contributed by atoms with Crippen LogP contribution in [0.5, 0.6) is 0 Å². The zero-order chi connectivity index (χ0) is 13.0. The van der Waals surface area contributed by atoms with Crippen molar-refractivity contribution in [3.05, 3.63) is 12.2 Å². The molecule has 3 heteroatoms. The first-order chi connectivity index (χ1) is 8.69. The van der Waals surface area contributed by atoms with Crippen molar-refractivity contribution in [1.29, 1.82) is 0 Å². The topological polar surface area (TPSA) is 41.3 Å². The Hall–Kier alpha value is -0.380. The van der Waals surface area contributed by atoms with Gasteiger partial charge in [-0.05, 0) is 52.1 Å². The van der Waals surface area contributed by atoms with Crippen molar-refractivity contribution < 1.29 is 0 Å². The number of nitrogens with one attached hydrogen (secondary N) is 1. The lowest BCUT2D eigenvalue weighted by atomic mass is 9.82. The SMILES string of the molecule is C=C(C)CC(NN)C1(N2CCCCC2)CCCC1. The summed E-state index contributed by atoms with van der Waals surface area (Å²) in [7, 11) is 0. The van der Waals surface area contributed by atoms with Crippen LogP contribution in [0.25, 0.3) is 0 Å². The Kier molecular flexibility index (Phi) is 4.82. The second-order valence-corrected chi connectivity index (χ2v) is 6.24. The van der Waals surface area contributed by atoms with E-state index in [4.69, 9.17) is 5.84 Å². The molecule has 1 aliphatic carbocycles. The lowest BCUT2D eigenvalue weighted by Crippen LogP contribution is -2.62. The van der Waals surface area contributed by atoms with Gasteiger partial charge < -0.3 is 0 Å². The van der Waals surface area contributed by atoms with Gasteiger partial charge in [0, 0.05) is 11.6 Å². The van der Waals surface area contributed by atoms with Crippen LogP contribution < -0.4 is 11.3 Å². The quantitative estimate of drug-likeness (QED) is 0.448. The van der Waals surface area contributed by atoms with E-state index in [1.54, 1.807) is 0 Å². The summed E-state index contributed by atoms with van der Waals surface area (Å²) >= 11 is 0. The Morgan fingerprint density at radius 3 is 2.33 bits per heavy atom. The lowest BCUT2D eigenvalue weighted by Gasteiger charge is -2.48. The van der Waals surface area contributed by atoms with E-state index >= 15 is 0 Å². The molecule has 2 rings (SSSR count). The van der Waals surface area contributed by atoms with Gasteiger partial charge >= 0.3 is 0 Å². The van der Waals surface area contributed by atoms with Crippen molar-refractivity contribution >= 4 is 0 Å². The van der Waals surface area contributed by atoms with Gasteiger partial charge in [-0.2, -0.15) is 0 Å². The maximum Gasteiger partial charge on any atom is 0.0431 e. The molecule has 0 aromatic carbocycles. The average Bonchev–Trinajstić information content (AvgIpc) is 2.87. The van der Waals surface area contributed by atoms with E-state index in [0.717, 1.165) is 6.42 Å². The summed E-state index contributed by atoms with van der Waals surface area (Å²) in [5.74, 6) is 5.87. The van der Waals surface area contributed by atoms with E-state index in [0.29, 0.717) is 11.6 Å². The average molecular weight is 251 g/mol. The summed E-state index contributed by atoms with van der Waals surface area (Å²) in [5.41, 5.74) is 4.65. The van der Waals surface area contributed by atoms with Crippen molar-refractivity contribution in [2.45, 2.75) is 69.9 Å². The molecule has 0 aromatic rings. The zero-order valence-corrected chi connectivity index (χ0v) is 11.9. The zero-order valence-electron chi connectivity index (χ0n) is 11.9. The summed E-state index contributed by atoms with van der Waals surface area (Å²) in [4.78, 5) is 2.73. The standard InChI is InChI=1S/C15H29N3/c1-13(2)12-14(17-16)15(8-4-5-9-15)18-10-6-3-7-11-18/h14,17H,1,3-12,16H2,2H3. The second kappa shape index (κ2) is 6.18. The predicted octanol–water partition coefficient (Wildman–Crippen LogP) is 2.58. The molecule has 3 N–H and O–H groups in total. The van der Waals surface area contributed by atoms with Gasteiger partial charge in [-0.15, -0.1) is 6.58 Å². The summed E-state index contributed by atoms with van der Waals surface area (Å²) in [6, 6.07) is 0.371. The van der Waals surface area contributed by atoms with Gasteiger partial charge in [-0.25, -0.2) is 0 Å². The molecule has 1 aliphatic heterocycles. The van der Waals surface area contributed by atoms with Crippen molar-refractivity contribution in [1.82, 2.24) is 10.3 Å². The molecule has 1 saturated heterocycles. The first-order valence-electron chi connectivity index (χ1n) is 7.54. The molecule has 104 valence electrons. The third kappa shape index (κ3) is 2.79. The number of nitrogens with zero attached hydrogens (tertiary/aromatic N) is 1. The van der Waals surface area contributed by atoms with E-state index in [1.165, 1.54) is 63.6 Å². The highest BCUT2D eigenvalue weighted by Gasteiger charge is 2.45. The summed E-state index contributed by atoms with van der Waals surface area (Å²) in [6.45, 7) is 8.71. The Labute approximate surface area is 112 Å². The molecule has 1 unspecified atom stereocenters. The molecule has 2 fully saturated rings. The van der Waals surface area contributed by atoms with Crippen molar-refractivity contribution in [2.24, 2.45) is 5.84 Å². The maximum atomic E-state index is 5.87. The van der Waals surface area contributed by atoms with Gasteiger partial charge in [0.15, 0.2) is 0 Å². The number of hydrogen-bond donors (Lipinski definition) is 2. The van der Waals surface area contributed by atoms with Crippen LogP contribution >= 0.6 is 0 Å². The lowest BCUT2D eigenvalue weighted by molar-refractivity contribution is 0.0366. The fraction of sp³-hybridized carbons (Fsp3) is 0.867. The first kappa shape index (κ1) is 14.0. The molecule has 0 spiro atoms. The Balaban J connectivity index is 2.15. The minimum absolute atomic E-state index is 0.300. The van der Waals surface area contributed by atoms with Gasteiger partial charge in [0.1, 0.15) is 0 Å². The highest BCUT2D eigenvalue weighted by Crippen LogP contribution is 2.41. The summed E-state index contributed by atoms with van der Waals surface area (Å²) in [5, 5.41) is 0. The molecule has 0 aromatic heterocycles. The van der Waals surface area contributed by atoms with Crippen molar-refractivity contribution in [3.63, 3.8) is 0 Å². The number of likely N-dealkylation sites (tertiary alicyclic amines) is 1. The molecule has 1 atom stereocenters. The van der Waals surface area contributed by atoms with Crippen LogP contribution in [0, 0.1) is 0 Å². The maximum absolute atomic E-state index is 5.87. The Morgan fingerprint density at radius 1 is 1.22 bits per heavy atom. The molecule has 18 heavy (non-hydrogen) atoms. The molecule has 0 radical (unpaired) electrons. The van der Waals surface area contributed by atoms with E-state index < -0.39 is 0 Å². The third-order valence-corrected chi connectivity index (χ3v) is 4.86. The third-order valence-electron chi connectivity index (χ3n) is 4.86. The smallest absolute Gasteiger partial charge is 0.0431 e. The van der Waals surface area contributed by atoms with E-state index in [9.17, 15) is 0 Å². The Bertz CT molecular complexity index is 275. The minimum atomic E-state index is 0.300. The van der Waals surface area contributed by atoms with Crippen LogP contribution in [-0.4, -0.2) is 29.6 Å². The van der Waals surface area contributed by atoms with E-state index in [2.05, 4.69) is 23.8 Å². The van der Waals surface area contributed by atoms with Gasteiger partial charge in [0.05, 0.1) is 0 Å². The molecule has 1 heterocycles. The van der Waals surface area contributed by atoms with Crippen LogP contribution in [-0.2, 0) is 0 Å². The molecule has 3 nitrogen and oxygen atoms in total. The fourth-order valence-corrected chi connectivity index (χ4v) is 3.96. The van der Waals surface area contributed by atoms with Crippen LogP contribution in [0.3, 0.4) is 0 Å². The number of piperidine rings is 1. The molecular weight excluding hydrogens is 222 g/mol. The van der Waals surface area contributed by atoms with Crippen LogP contribution in [0.2, 0.25) is 0 Å². The largest absolute Gasteiger partial charge is 0.296 e. The Morgan fingerprint density at radius 2 is 1.83 bits per heavy atom. The van der Waals surface area contributed by atoms with Crippen molar-refractivity contribution in [3.8, 4) is 0 Å². The van der Waals surface area contributed by atoms with E-state index in [-0.39, 0.29) is 0 Å². The second-order valence-electron chi connectivity index (χ2n) is 6.24.